The molecule has 9 heteroatoms. The van der Waals surface area contributed by atoms with Crippen molar-refractivity contribution in [2.75, 3.05) is 0 Å². The molecule has 0 aromatic heterocycles. The predicted octanol–water partition coefficient (Wildman–Crippen LogP) is 1.55. The molecule has 0 bridgehead atoms. The molecule has 0 amide bonds. The fourth-order valence-corrected chi connectivity index (χ4v) is 2.92. The number of alkyl halides is 3. The van der Waals surface area contributed by atoms with Gasteiger partial charge in [-0.15, -0.1) is 0 Å². The molecule has 0 heterocycles. The van der Waals surface area contributed by atoms with Gasteiger partial charge < -0.3 is 9.90 Å². The molecule has 0 unspecified atom stereocenters. The van der Waals surface area contributed by atoms with Crippen molar-refractivity contribution < 1.29 is 31.5 Å². The van der Waals surface area contributed by atoms with Crippen molar-refractivity contribution in [1.82, 2.24) is 4.72 Å². The third kappa shape index (κ3) is 4.33. The Hall–Kier alpha value is -2.39. The van der Waals surface area contributed by atoms with Crippen LogP contribution >= 0.6 is 0 Å². The quantitative estimate of drug-likeness (QED) is 0.879. The van der Waals surface area contributed by atoms with Crippen molar-refractivity contribution in [3.63, 3.8) is 0 Å². The summed E-state index contributed by atoms with van der Waals surface area (Å²) < 4.78 is 64.2. The van der Waals surface area contributed by atoms with Crippen LogP contribution in [0.3, 0.4) is 0 Å². The first-order valence-electron chi connectivity index (χ1n) is 6.57. The van der Waals surface area contributed by atoms with E-state index < -0.39 is 32.6 Å². The van der Waals surface area contributed by atoms with E-state index in [4.69, 9.17) is 0 Å². The molecule has 0 saturated heterocycles. The van der Waals surface area contributed by atoms with Crippen molar-refractivity contribution in [2.24, 2.45) is 0 Å². The van der Waals surface area contributed by atoms with Gasteiger partial charge in [-0.25, -0.2) is 13.1 Å². The summed E-state index contributed by atoms with van der Waals surface area (Å²) in [5, 5.41) is 10.6. The van der Waals surface area contributed by atoms with Gasteiger partial charge >= 0.3 is 6.18 Å². The number of carbonyl (C=O) groups is 1. The summed E-state index contributed by atoms with van der Waals surface area (Å²) in [5.41, 5.74) is -0.696. The molecule has 0 radical (unpaired) electrons. The SMILES string of the molecule is O=C([O-])c1ccc(CNS(=O)(=O)c2cccc(C(F)(F)F)c2)cc1. The molecule has 2 rings (SSSR count). The Labute approximate surface area is 135 Å². The maximum Gasteiger partial charge on any atom is 0.416 e. The second kappa shape index (κ2) is 6.62. The number of carboxylic acids is 1. The van der Waals surface area contributed by atoms with E-state index in [1.807, 2.05) is 0 Å². The smallest absolute Gasteiger partial charge is 0.416 e. The van der Waals surface area contributed by atoms with Gasteiger partial charge in [0.1, 0.15) is 0 Å². The molecule has 0 saturated carbocycles. The van der Waals surface area contributed by atoms with Gasteiger partial charge in [-0.2, -0.15) is 13.2 Å². The monoisotopic (exact) mass is 358 g/mol. The van der Waals surface area contributed by atoms with Crippen molar-refractivity contribution in [2.45, 2.75) is 17.6 Å². The molecule has 5 nitrogen and oxygen atoms in total. The van der Waals surface area contributed by atoms with Crippen molar-refractivity contribution in [1.29, 1.82) is 0 Å². The summed E-state index contributed by atoms with van der Waals surface area (Å²) >= 11 is 0. The molecule has 128 valence electrons. The van der Waals surface area contributed by atoms with Crippen LogP contribution in [0.1, 0.15) is 21.5 Å². The molecule has 2 aromatic rings. The second-order valence-electron chi connectivity index (χ2n) is 4.83. The summed E-state index contributed by atoms with van der Waals surface area (Å²) in [5.74, 6) is -1.37. The van der Waals surface area contributed by atoms with Gasteiger partial charge in [-0.1, -0.05) is 30.3 Å². The normalized spacial score (nSPS) is 12.1. The highest BCUT2D eigenvalue weighted by atomic mass is 32.2. The van der Waals surface area contributed by atoms with Gasteiger partial charge in [-0.3, -0.25) is 0 Å². The zero-order valence-corrected chi connectivity index (χ0v) is 12.8. The predicted molar refractivity (Wildman–Crippen MR) is 76.2 cm³/mol. The molecule has 0 spiro atoms. The van der Waals surface area contributed by atoms with E-state index >= 15 is 0 Å². The highest BCUT2D eigenvalue weighted by Gasteiger charge is 2.31. The highest BCUT2D eigenvalue weighted by Crippen LogP contribution is 2.30. The Morgan fingerprint density at radius 2 is 1.71 bits per heavy atom. The summed E-state index contributed by atoms with van der Waals surface area (Å²) in [6, 6.07) is 8.61. The Morgan fingerprint density at radius 1 is 1.08 bits per heavy atom. The van der Waals surface area contributed by atoms with Crippen LogP contribution in [-0.2, 0) is 22.7 Å². The topological polar surface area (TPSA) is 86.3 Å². The van der Waals surface area contributed by atoms with Crippen molar-refractivity contribution in [3.8, 4) is 0 Å². The van der Waals surface area contributed by atoms with Crippen LogP contribution < -0.4 is 9.83 Å². The van der Waals surface area contributed by atoms with E-state index in [2.05, 4.69) is 4.72 Å². The standard InChI is InChI=1S/C15H12F3NO4S/c16-15(17,18)12-2-1-3-13(8-12)24(22,23)19-9-10-4-6-11(7-5-10)14(20)21/h1-8,19H,9H2,(H,20,21)/p-1. The number of sulfonamides is 1. The van der Waals surface area contributed by atoms with Crippen LogP contribution in [0.15, 0.2) is 53.4 Å². The first kappa shape index (κ1) is 18.0. The van der Waals surface area contributed by atoms with E-state index in [1.54, 1.807) is 0 Å². The lowest BCUT2D eigenvalue weighted by Gasteiger charge is -2.11. The fourth-order valence-electron chi connectivity index (χ4n) is 1.86. The van der Waals surface area contributed by atoms with Crippen LogP contribution in [0.2, 0.25) is 0 Å². The Bertz CT molecular complexity index is 846. The number of nitrogens with one attached hydrogen (secondary N) is 1. The summed E-state index contributed by atoms with van der Waals surface area (Å²) in [6.07, 6.45) is -4.65. The number of rotatable bonds is 5. The number of aromatic carboxylic acids is 1. The minimum atomic E-state index is -4.65. The van der Waals surface area contributed by atoms with E-state index in [0.29, 0.717) is 11.6 Å². The average Bonchev–Trinajstić information content (AvgIpc) is 2.53. The second-order valence-corrected chi connectivity index (χ2v) is 6.60. The first-order valence-corrected chi connectivity index (χ1v) is 8.05. The van der Waals surface area contributed by atoms with Crippen molar-refractivity contribution >= 4 is 16.0 Å². The van der Waals surface area contributed by atoms with Gasteiger partial charge in [-0.05, 0) is 29.3 Å². The molecule has 2 aromatic carbocycles. The van der Waals surface area contributed by atoms with Gasteiger partial charge in [0.2, 0.25) is 10.0 Å². The Kier molecular flexibility index (Phi) is 4.95. The van der Waals surface area contributed by atoms with E-state index in [9.17, 15) is 31.5 Å². The number of carbonyl (C=O) groups excluding carboxylic acids is 1. The van der Waals surface area contributed by atoms with Crippen molar-refractivity contribution in [3.05, 3.63) is 65.2 Å². The molecular weight excluding hydrogens is 347 g/mol. The Balaban J connectivity index is 2.15. The lowest BCUT2D eigenvalue weighted by molar-refractivity contribution is -0.255. The minimum Gasteiger partial charge on any atom is -0.545 e. The molecule has 0 aliphatic rings. The maximum absolute atomic E-state index is 12.6. The number of hydrogen-bond donors (Lipinski definition) is 1. The van der Waals surface area contributed by atoms with Gasteiger partial charge in [0, 0.05) is 6.54 Å². The zero-order chi connectivity index (χ0) is 18.0. The number of halogens is 3. The Morgan fingerprint density at radius 3 is 2.25 bits per heavy atom. The summed E-state index contributed by atoms with van der Waals surface area (Å²) in [6.45, 7) is -0.202. The third-order valence-electron chi connectivity index (χ3n) is 3.13. The number of hydrogen-bond acceptors (Lipinski definition) is 4. The largest absolute Gasteiger partial charge is 0.545 e. The first-order chi connectivity index (χ1) is 11.1. The molecule has 0 aliphatic heterocycles. The van der Waals surface area contributed by atoms with Crippen LogP contribution in [0.25, 0.3) is 0 Å². The van der Waals surface area contributed by atoms with E-state index in [1.165, 1.54) is 24.3 Å². The summed E-state index contributed by atoms with van der Waals surface area (Å²) in [4.78, 5) is 10.1. The molecule has 0 aliphatic carbocycles. The van der Waals surface area contributed by atoms with Crippen LogP contribution in [0, 0.1) is 0 Å². The highest BCUT2D eigenvalue weighted by molar-refractivity contribution is 7.89. The lowest BCUT2D eigenvalue weighted by Crippen LogP contribution is -2.24. The van der Waals surface area contributed by atoms with E-state index in [-0.39, 0.29) is 12.1 Å². The number of benzene rings is 2. The average molecular weight is 358 g/mol. The van der Waals surface area contributed by atoms with Gasteiger partial charge in [0.25, 0.3) is 0 Å². The van der Waals surface area contributed by atoms with Crippen LogP contribution in [0.5, 0.6) is 0 Å². The minimum absolute atomic E-state index is 0.0699. The lowest BCUT2D eigenvalue weighted by atomic mass is 10.1. The molecule has 0 atom stereocenters. The zero-order valence-electron chi connectivity index (χ0n) is 12.0. The van der Waals surface area contributed by atoms with E-state index in [0.717, 1.165) is 18.2 Å². The molecular formula is C15H11F3NO4S-. The van der Waals surface area contributed by atoms with Crippen LogP contribution in [-0.4, -0.2) is 14.4 Å². The fraction of sp³-hybridized carbons (Fsp3) is 0.133. The summed E-state index contributed by atoms with van der Waals surface area (Å²) in [7, 11) is -4.15. The number of carboxylic acid groups (broad SMARTS) is 1. The molecule has 0 fully saturated rings. The maximum atomic E-state index is 12.6. The molecule has 24 heavy (non-hydrogen) atoms. The van der Waals surface area contributed by atoms with Crippen LogP contribution in [0.4, 0.5) is 13.2 Å². The molecule has 1 N–H and O–H groups in total. The van der Waals surface area contributed by atoms with Gasteiger partial charge in [0.15, 0.2) is 0 Å². The third-order valence-corrected chi connectivity index (χ3v) is 4.53. The van der Waals surface area contributed by atoms with Gasteiger partial charge in [0.05, 0.1) is 16.4 Å².